The first kappa shape index (κ1) is 45.7. The van der Waals surface area contributed by atoms with Gasteiger partial charge in [-0.2, -0.15) is 10.5 Å². The van der Waals surface area contributed by atoms with Crippen molar-refractivity contribution in [2.24, 2.45) is 0 Å². The van der Waals surface area contributed by atoms with Gasteiger partial charge in [0.1, 0.15) is 11.6 Å². The summed E-state index contributed by atoms with van der Waals surface area (Å²) in [6.45, 7) is 0. The van der Waals surface area contributed by atoms with Gasteiger partial charge in [-0.1, -0.05) is 133 Å². The number of benzene rings is 12. The Morgan fingerprint density at radius 3 is 0.949 bits per heavy atom. The van der Waals surface area contributed by atoms with Crippen LogP contribution in [0.4, 0.5) is 34.4 Å². The lowest BCUT2D eigenvalue weighted by atomic mass is 9.81. The number of hydrogen-bond acceptors (Lipinski definition) is 6. The summed E-state index contributed by atoms with van der Waals surface area (Å²) in [6.07, 6.45) is 3.61. The van der Waals surface area contributed by atoms with E-state index in [0.717, 1.165) is 78.9 Å². The molecule has 0 radical (unpaired) electrons. The average Bonchev–Trinajstić information content (AvgIpc) is 3.69. The van der Waals surface area contributed by atoms with Crippen LogP contribution < -0.4 is 9.80 Å². The number of nitrogens with zero attached hydrogens (tertiary/aromatic N) is 6. The van der Waals surface area contributed by atoms with Crippen molar-refractivity contribution in [3.05, 3.63) is 278 Å². The minimum absolute atomic E-state index is 0.602. The van der Waals surface area contributed by atoms with Gasteiger partial charge in [-0.3, -0.25) is 9.80 Å². The van der Waals surface area contributed by atoms with Gasteiger partial charge in [-0.05, 0) is 220 Å². The third-order valence-corrected chi connectivity index (χ3v) is 15.2. The maximum atomic E-state index is 9.63. The average molecular weight is 993 g/mol. The lowest BCUT2D eigenvalue weighted by molar-refractivity contribution is 1.18. The number of aromatic nitrogens is 2. The summed E-state index contributed by atoms with van der Waals surface area (Å²) in [5.74, 6) is 1.56. The number of nitriles is 2. The van der Waals surface area contributed by atoms with E-state index < -0.39 is 0 Å². The Hall–Kier alpha value is -10.9. The highest BCUT2D eigenvalue weighted by Gasteiger charge is 2.23. The highest BCUT2D eigenvalue weighted by Crippen LogP contribution is 2.50. The van der Waals surface area contributed by atoms with Crippen molar-refractivity contribution in [3.63, 3.8) is 0 Å². The molecule has 0 spiro atoms. The van der Waals surface area contributed by atoms with Crippen LogP contribution >= 0.6 is 0 Å². The van der Waals surface area contributed by atoms with E-state index in [9.17, 15) is 10.5 Å². The Morgan fingerprint density at radius 2 is 0.603 bits per heavy atom. The molecule has 14 rings (SSSR count). The molecular weight excluding hydrogens is 949 g/mol. The van der Waals surface area contributed by atoms with E-state index in [1.165, 1.54) is 53.9 Å². The molecule has 362 valence electrons. The van der Waals surface area contributed by atoms with Crippen molar-refractivity contribution in [3.8, 4) is 56.6 Å². The zero-order chi connectivity index (χ0) is 52.1. The van der Waals surface area contributed by atoms with Crippen LogP contribution in [0.2, 0.25) is 0 Å². The molecule has 2 heterocycles. The van der Waals surface area contributed by atoms with Crippen molar-refractivity contribution in [1.82, 2.24) is 9.97 Å². The van der Waals surface area contributed by atoms with Gasteiger partial charge in [0, 0.05) is 35.1 Å². The van der Waals surface area contributed by atoms with Gasteiger partial charge in [0.15, 0.2) is 0 Å². The maximum absolute atomic E-state index is 9.63. The van der Waals surface area contributed by atoms with Gasteiger partial charge in [-0.25, -0.2) is 9.97 Å². The van der Waals surface area contributed by atoms with Gasteiger partial charge < -0.3 is 0 Å². The SMILES string of the molecule is N#Cc1ccc(N(c2ccc(-c3cc(-c4ccc5ccccc5c4)c4ccc5c(-c6ccc(N(c7ccc(C#N)cc7)c7ccccn7)cc6)cc(-c6ccc7ccccc7c6)c6ccc3c4c56)cc2)c2ccccn2)cc1. The lowest BCUT2D eigenvalue weighted by Gasteiger charge is -2.25. The number of pyridine rings is 2. The van der Waals surface area contributed by atoms with Gasteiger partial charge >= 0.3 is 0 Å². The van der Waals surface area contributed by atoms with Crippen LogP contribution in [0.15, 0.2) is 267 Å². The summed E-state index contributed by atoms with van der Waals surface area (Å²) in [7, 11) is 0. The molecule has 0 saturated carbocycles. The fourth-order valence-corrected chi connectivity index (χ4v) is 11.4. The van der Waals surface area contributed by atoms with Crippen LogP contribution in [0.5, 0.6) is 0 Å². The fraction of sp³-hybridized carbons (Fsp3) is 0. The number of anilines is 6. The Balaban J connectivity index is 1.00. The smallest absolute Gasteiger partial charge is 0.137 e. The van der Waals surface area contributed by atoms with E-state index in [4.69, 9.17) is 9.97 Å². The number of hydrogen-bond donors (Lipinski definition) is 0. The third kappa shape index (κ3) is 7.97. The minimum atomic E-state index is 0.602. The van der Waals surface area contributed by atoms with Crippen molar-refractivity contribution in [2.75, 3.05) is 9.80 Å². The minimum Gasteiger partial charge on any atom is -0.295 e. The topological polar surface area (TPSA) is 79.8 Å². The normalized spacial score (nSPS) is 11.3. The summed E-state index contributed by atoms with van der Waals surface area (Å²) >= 11 is 0. The molecule has 12 aromatic carbocycles. The van der Waals surface area contributed by atoms with Crippen LogP contribution in [0.25, 0.3) is 98.4 Å². The summed E-state index contributed by atoms with van der Waals surface area (Å²) in [5.41, 5.74) is 14.0. The van der Waals surface area contributed by atoms with Crippen LogP contribution in [-0.2, 0) is 0 Å². The van der Waals surface area contributed by atoms with Crippen molar-refractivity contribution in [2.45, 2.75) is 0 Å². The zero-order valence-corrected chi connectivity index (χ0v) is 42.1. The second-order valence-corrected chi connectivity index (χ2v) is 19.6. The Bertz CT molecular complexity index is 4360. The van der Waals surface area contributed by atoms with Crippen LogP contribution in [0, 0.1) is 22.7 Å². The Kier molecular flexibility index (Phi) is 11.2. The first-order valence-electron chi connectivity index (χ1n) is 26.0. The Labute approximate surface area is 451 Å². The predicted molar refractivity (Wildman–Crippen MR) is 321 cm³/mol. The Morgan fingerprint density at radius 1 is 0.282 bits per heavy atom. The van der Waals surface area contributed by atoms with Crippen LogP contribution in [-0.4, -0.2) is 9.97 Å². The molecule has 2 aromatic heterocycles. The fourth-order valence-electron chi connectivity index (χ4n) is 11.4. The molecule has 0 aliphatic carbocycles. The molecule has 0 atom stereocenters. The summed E-state index contributed by atoms with van der Waals surface area (Å²) in [4.78, 5) is 13.8. The van der Waals surface area contributed by atoms with Gasteiger partial charge in [-0.15, -0.1) is 0 Å². The number of rotatable bonds is 10. The summed E-state index contributed by atoms with van der Waals surface area (Å²) in [5, 5.41) is 31.2. The van der Waals surface area contributed by atoms with E-state index in [1.54, 1.807) is 0 Å². The molecular formula is C72H44N6. The highest BCUT2D eigenvalue weighted by molar-refractivity contribution is 6.32. The molecule has 0 unspecified atom stereocenters. The number of fused-ring (bicyclic) bond motifs is 2. The molecule has 0 aliphatic heterocycles. The molecule has 0 bridgehead atoms. The molecule has 14 aromatic rings. The molecule has 78 heavy (non-hydrogen) atoms. The molecule has 0 saturated heterocycles. The van der Waals surface area contributed by atoms with Crippen molar-refractivity contribution < 1.29 is 0 Å². The molecule has 6 nitrogen and oxygen atoms in total. The largest absolute Gasteiger partial charge is 0.295 e. The van der Waals surface area contributed by atoms with Gasteiger partial charge in [0.05, 0.1) is 23.3 Å². The van der Waals surface area contributed by atoms with Crippen molar-refractivity contribution in [1.29, 1.82) is 10.5 Å². The van der Waals surface area contributed by atoms with Crippen LogP contribution in [0.1, 0.15) is 11.1 Å². The van der Waals surface area contributed by atoms with Gasteiger partial charge in [0.2, 0.25) is 0 Å². The summed E-state index contributed by atoms with van der Waals surface area (Å²) < 4.78 is 0. The highest BCUT2D eigenvalue weighted by atomic mass is 15.2. The quantitative estimate of drug-likeness (QED) is 0.127. The molecule has 0 aliphatic rings. The molecule has 0 N–H and O–H groups in total. The maximum Gasteiger partial charge on any atom is 0.137 e. The predicted octanol–water partition coefficient (Wildman–Crippen LogP) is 19.0. The zero-order valence-electron chi connectivity index (χ0n) is 42.1. The molecule has 0 fully saturated rings. The standard InChI is InChI=1S/C72H44N6/c73-45-47-15-27-57(28-16-47)77(69-13-5-7-39-75-69)59-31-23-51(24-32-59)65-43-67(55-21-19-49-9-1-3-11-53(49)41-55)63-37-35-62-66(44-68(64-38-36-61(65)71(63)72(62)64)56-22-20-50-10-2-4-12-54(50)42-56)52-25-33-60(34-26-52)78(70-14-6-8-40-76-70)58-29-17-48(46-74)18-30-58/h1-44H. The third-order valence-electron chi connectivity index (χ3n) is 15.2. The second-order valence-electron chi connectivity index (χ2n) is 19.6. The van der Waals surface area contributed by atoms with Crippen LogP contribution in [0.3, 0.4) is 0 Å². The van der Waals surface area contributed by atoms with Crippen molar-refractivity contribution >= 4 is 88.2 Å². The first-order chi connectivity index (χ1) is 38.6. The molecule has 0 amide bonds. The van der Waals surface area contributed by atoms with E-state index in [-0.39, 0.29) is 0 Å². The van der Waals surface area contributed by atoms with E-state index in [2.05, 4.69) is 192 Å². The van der Waals surface area contributed by atoms with E-state index in [1.807, 2.05) is 97.3 Å². The van der Waals surface area contributed by atoms with E-state index >= 15 is 0 Å². The second kappa shape index (κ2) is 19.1. The first-order valence-corrected chi connectivity index (χ1v) is 26.0. The monoisotopic (exact) mass is 992 g/mol. The molecule has 6 heteroatoms. The lowest BCUT2D eigenvalue weighted by Crippen LogP contribution is -2.11. The van der Waals surface area contributed by atoms with Gasteiger partial charge in [0.25, 0.3) is 0 Å². The summed E-state index contributed by atoms with van der Waals surface area (Å²) in [6, 6.07) is 94.2. The van der Waals surface area contributed by atoms with E-state index in [0.29, 0.717) is 11.1 Å².